The van der Waals surface area contributed by atoms with E-state index in [1.54, 1.807) is 11.9 Å². The summed E-state index contributed by atoms with van der Waals surface area (Å²) in [5.41, 5.74) is 2.06. The molecule has 3 heterocycles. The molecule has 1 saturated heterocycles. The first-order valence-electron chi connectivity index (χ1n) is 9.70. The van der Waals surface area contributed by atoms with E-state index >= 15 is 0 Å². The molecule has 0 saturated carbocycles. The first-order chi connectivity index (χ1) is 13.9. The van der Waals surface area contributed by atoms with E-state index in [0.717, 1.165) is 11.1 Å². The number of benzene rings is 1. The smallest absolute Gasteiger partial charge is 0.264 e. The van der Waals surface area contributed by atoms with E-state index < -0.39 is 0 Å². The quantitative estimate of drug-likeness (QED) is 0.628. The maximum atomic E-state index is 12.7. The lowest BCUT2D eigenvalue weighted by atomic mass is 9.88. The van der Waals surface area contributed by atoms with E-state index in [1.165, 1.54) is 21.8 Å². The third-order valence-corrected chi connectivity index (χ3v) is 5.58. The van der Waals surface area contributed by atoms with Gasteiger partial charge in [-0.25, -0.2) is 4.98 Å². The average molecular weight is 393 g/mol. The van der Waals surface area contributed by atoms with Crippen LogP contribution in [-0.2, 0) is 18.4 Å². The molecule has 29 heavy (non-hydrogen) atoms. The predicted octanol–water partition coefficient (Wildman–Crippen LogP) is 1.56. The molecule has 4 rings (SSSR count). The zero-order valence-electron chi connectivity index (χ0n) is 16.5. The first-order valence-corrected chi connectivity index (χ1v) is 9.70. The van der Waals surface area contributed by atoms with Crippen LogP contribution in [0.5, 0.6) is 0 Å². The summed E-state index contributed by atoms with van der Waals surface area (Å²) in [5.74, 6) is -0.0733. The number of likely N-dealkylation sites (tertiary alicyclic amines) is 1. The Morgan fingerprint density at radius 3 is 2.52 bits per heavy atom. The Morgan fingerprint density at radius 2 is 1.83 bits per heavy atom. The monoisotopic (exact) mass is 393 g/mol. The van der Waals surface area contributed by atoms with Crippen LogP contribution in [0.1, 0.15) is 28.8 Å². The molecule has 3 aromatic rings. The number of aryl methyl sites for hydroxylation is 2. The van der Waals surface area contributed by atoms with Gasteiger partial charge in [0, 0.05) is 31.6 Å². The van der Waals surface area contributed by atoms with Gasteiger partial charge in [0.25, 0.3) is 5.56 Å². The number of hydrogen-bond acceptors (Lipinski definition) is 5. The number of rotatable bonds is 4. The molecule has 1 aliphatic heterocycles. The van der Waals surface area contributed by atoms with Gasteiger partial charge in [-0.1, -0.05) is 29.8 Å². The van der Waals surface area contributed by atoms with Crippen LogP contribution in [0.2, 0.25) is 0 Å². The summed E-state index contributed by atoms with van der Waals surface area (Å²) < 4.78 is 2.84. The van der Waals surface area contributed by atoms with Gasteiger partial charge in [-0.3, -0.25) is 23.6 Å². The van der Waals surface area contributed by atoms with Gasteiger partial charge in [-0.15, -0.1) is 0 Å². The van der Waals surface area contributed by atoms with Crippen molar-refractivity contribution in [1.82, 2.24) is 24.2 Å². The number of ketones is 1. The van der Waals surface area contributed by atoms with Crippen molar-refractivity contribution < 1.29 is 9.59 Å². The zero-order valence-corrected chi connectivity index (χ0v) is 16.5. The molecule has 1 amide bonds. The van der Waals surface area contributed by atoms with Crippen LogP contribution in [0.15, 0.2) is 41.6 Å². The number of carbonyl (C=O) groups excluding carboxylic acids is 2. The van der Waals surface area contributed by atoms with Crippen LogP contribution in [0.4, 0.5) is 0 Å². The Bertz CT molecular complexity index is 1120. The topological polar surface area (TPSA) is 90.1 Å². The van der Waals surface area contributed by atoms with E-state index in [-0.39, 0.29) is 29.7 Å². The van der Waals surface area contributed by atoms with Gasteiger partial charge in [0.05, 0.1) is 6.20 Å². The minimum Gasteiger partial charge on any atom is -0.341 e. The lowest BCUT2D eigenvalue weighted by molar-refractivity contribution is -0.133. The van der Waals surface area contributed by atoms with E-state index in [0.29, 0.717) is 37.0 Å². The minimum absolute atomic E-state index is 0.0623. The Kier molecular flexibility index (Phi) is 5.00. The molecule has 0 aliphatic carbocycles. The van der Waals surface area contributed by atoms with E-state index in [2.05, 4.69) is 10.1 Å². The Balaban J connectivity index is 1.39. The molecule has 1 aromatic carbocycles. The summed E-state index contributed by atoms with van der Waals surface area (Å²) in [7, 11) is 1.71. The second kappa shape index (κ2) is 7.62. The number of carbonyl (C=O) groups is 2. The number of nitrogens with zero attached hydrogens (tertiary/aromatic N) is 5. The molecule has 1 fully saturated rings. The molecule has 2 aromatic heterocycles. The Labute approximate surface area is 167 Å². The lowest BCUT2D eigenvalue weighted by Crippen LogP contribution is -2.42. The zero-order chi connectivity index (χ0) is 20.5. The van der Waals surface area contributed by atoms with E-state index in [1.807, 2.05) is 31.2 Å². The van der Waals surface area contributed by atoms with Crippen molar-refractivity contribution in [2.75, 3.05) is 13.1 Å². The summed E-state index contributed by atoms with van der Waals surface area (Å²) >= 11 is 0. The van der Waals surface area contributed by atoms with Crippen molar-refractivity contribution in [2.24, 2.45) is 13.0 Å². The average Bonchev–Trinajstić information content (AvgIpc) is 3.11. The summed E-state index contributed by atoms with van der Waals surface area (Å²) in [6.45, 7) is 2.95. The van der Waals surface area contributed by atoms with Gasteiger partial charge < -0.3 is 4.90 Å². The highest BCUT2D eigenvalue weighted by molar-refractivity contribution is 5.98. The predicted molar refractivity (Wildman–Crippen MR) is 108 cm³/mol. The molecule has 0 radical (unpaired) electrons. The molecule has 150 valence electrons. The molecule has 0 spiro atoms. The van der Waals surface area contributed by atoms with Crippen LogP contribution in [0.3, 0.4) is 0 Å². The van der Waals surface area contributed by atoms with Gasteiger partial charge >= 0.3 is 0 Å². The first kappa shape index (κ1) is 19.0. The minimum atomic E-state index is -0.277. The maximum absolute atomic E-state index is 12.7. The Hall–Kier alpha value is -3.29. The van der Waals surface area contributed by atoms with Gasteiger partial charge in [0.2, 0.25) is 5.91 Å². The highest BCUT2D eigenvalue weighted by atomic mass is 16.2. The Morgan fingerprint density at radius 1 is 1.14 bits per heavy atom. The lowest BCUT2D eigenvalue weighted by Gasteiger charge is -2.31. The largest absolute Gasteiger partial charge is 0.341 e. The number of fused-ring (bicyclic) bond motifs is 1. The number of aromatic nitrogens is 4. The fourth-order valence-corrected chi connectivity index (χ4v) is 3.77. The fourth-order valence-electron chi connectivity index (χ4n) is 3.77. The van der Waals surface area contributed by atoms with Crippen molar-refractivity contribution in [3.05, 3.63) is 58.3 Å². The molecule has 0 unspecified atom stereocenters. The molecule has 8 nitrogen and oxygen atoms in total. The van der Waals surface area contributed by atoms with Gasteiger partial charge in [-0.2, -0.15) is 5.10 Å². The number of piperidine rings is 1. The van der Waals surface area contributed by atoms with Crippen LogP contribution < -0.4 is 5.56 Å². The van der Waals surface area contributed by atoms with Crippen LogP contribution in [0, 0.1) is 12.8 Å². The summed E-state index contributed by atoms with van der Waals surface area (Å²) in [4.78, 5) is 43.8. The van der Waals surface area contributed by atoms with Gasteiger partial charge in [0.15, 0.2) is 11.4 Å². The third-order valence-electron chi connectivity index (χ3n) is 5.58. The van der Waals surface area contributed by atoms with Gasteiger partial charge in [-0.05, 0) is 19.8 Å². The summed E-state index contributed by atoms with van der Waals surface area (Å²) in [6.07, 6.45) is 4.12. The van der Waals surface area contributed by atoms with Crippen molar-refractivity contribution in [3.63, 3.8) is 0 Å². The molecule has 0 bridgehead atoms. The standard InChI is InChI=1S/C21H23N5O3/c1-14-3-5-15(6-4-14)19(28)16-7-9-25(10-8-16)18(27)12-26-13-22-20-17(21(26)29)11-23-24(20)2/h3-6,11,13,16H,7-10,12H2,1-2H3. The normalized spacial score (nSPS) is 15.0. The van der Waals surface area contributed by atoms with Gasteiger partial charge in [0.1, 0.15) is 18.3 Å². The summed E-state index contributed by atoms with van der Waals surface area (Å²) in [6, 6.07) is 7.61. The number of hydrogen-bond donors (Lipinski definition) is 0. The molecule has 0 atom stereocenters. The van der Waals surface area contributed by atoms with Crippen molar-refractivity contribution in [3.8, 4) is 0 Å². The molecular weight excluding hydrogens is 370 g/mol. The van der Waals surface area contributed by atoms with E-state index in [4.69, 9.17) is 0 Å². The molecular formula is C21H23N5O3. The molecule has 8 heteroatoms. The van der Waals surface area contributed by atoms with E-state index in [9.17, 15) is 14.4 Å². The summed E-state index contributed by atoms with van der Waals surface area (Å²) in [5, 5.41) is 4.43. The molecule has 0 N–H and O–H groups in total. The second-order valence-electron chi connectivity index (χ2n) is 7.57. The fraction of sp³-hybridized carbons (Fsp3) is 0.381. The van der Waals surface area contributed by atoms with Crippen LogP contribution >= 0.6 is 0 Å². The third kappa shape index (κ3) is 3.70. The number of Topliss-reactive ketones (excluding diaryl/α,β-unsaturated/α-hetero) is 1. The molecule has 1 aliphatic rings. The highest BCUT2D eigenvalue weighted by Gasteiger charge is 2.28. The SMILES string of the molecule is Cc1ccc(C(=O)C2CCN(C(=O)Cn3cnc4c(cnn4C)c3=O)CC2)cc1. The van der Waals surface area contributed by atoms with Crippen molar-refractivity contribution in [1.29, 1.82) is 0 Å². The second-order valence-corrected chi connectivity index (χ2v) is 7.57. The van der Waals surface area contributed by atoms with Crippen molar-refractivity contribution in [2.45, 2.75) is 26.3 Å². The number of amides is 1. The van der Waals surface area contributed by atoms with Crippen molar-refractivity contribution >= 4 is 22.7 Å². The van der Waals surface area contributed by atoms with Crippen LogP contribution in [0.25, 0.3) is 11.0 Å². The highest BCUT2D eigenvalue weighted by Crippen LogP contribution is 2.22. The maximum Gasteiger partial charge on any atom is 0.264 e. The van der Waals surface area contributed by atoms with Crippen LogP contribution in [-0.4, -0.2) is 49.0 Å².